The second kappa shape index (κ2) is 12.7. The third-order valence-electron chi connectivity index (χ3n) is 5.27. The van der Waals surface area contributed by atoms with Gasteiger partial charge in [0.05, 0.1) is 19.3 Å². The number of halogens is 1. The largest absolute Gasteiger partial charge is 0.379 e. The van der Waals surface area contributed by atoms with Crippen LogP contribution in [0.4, 0.5) is 4.39 Å². The van der Waals surface area contributed by atoms with Crippen LogP contribution in [0.15, 0.2) is 29.3 Å². The Morgan fingerprint density at radius 3 is 2.46 bits per heavy atom. The molecule has 1 aromatic rings. The van der Waals surface area contributed by atoms with E-state index in [1.807, 2.05) is 12.1 Å². The fourth-order valence-corrected chi connectivity index (χ4v) is 3.50. The first-order valence-electron chi connectivity index (χ1n) is 10.4. The van der Waals surface area contributed by atoms with Crippen LogP contribution in [0.2, 0.25) is 0 Å². The molecule has 1 heterocycles. The highest BCUT2D eigenvalue weighted by Gasteiger charge is 2.23. The molecule has 0 radical (unpaired) electrons. The minimum Gasteiger partial charge on any atom is -0.379 e. The molecule has 28 heavy (non-hydrogen) atoms. The fourth-order valence-electron chi connectivity index (χ4n) is 3.50. The Labute approximate surface area is 169 Å². The summed E-state index contributed by atoms with van der Waals surface area (Å²) < 4.78 is 18.9. The van der Waals surface area contributed by atoms with Crippen molar-refractivity contribution >= 4 is 5.96 Å². The topological polar surface area (TPSA) is 52.1 Å². The van der Waals surface area contributed by atoms with Gasteiger partial charge in [0.15, 0.2) is 5.96 Å². The summed E-state index contributed by atoms with van der Waals surface area (Å²) in [4.78, 5) is 9.15. The Morgan fingerprint density at radius 1 is 1.18 bits per heavy atom. The van der Waals surface area contributed by atoms with Gasteiger partial charge in [-0.25, -0.2) is 4.39 Å². The average Bonchev–Trinajstić information content (AvgIpc) is 2.74. The Balaban J connectivity index is 1.88. The third-order valence-corrected chi connectivity index (χ3v) is 5.27. The second-order valence-electron chi connectivity index (χ2n) is 6.98. The summed E-state index contributed by atoms with van der Waals surface area (Å²) in [5.41, 5.74) is 1.10. The van der Waals surface area contributed by atoms with Gasteiger partial charge in [0.25, 0.3) is 0 Å². The summed E-state index contributed by atoms with van der Waals surface area (Å²) in [6.07, 6.45) is 1.08. The smallest absolute Gasteiger partial charge is 0.191 e. The van der Waals surface area contributed by atoms with Crippen molar-refractivity contribution in [3.63, 3.8) is 0 Å². The van der Waals surface area contributed by atoms with Crippen molar-refractivity contribution in [2.24, 2.45) is 4.99 Å². The van der Waals surface area contributed by atoms with Gasteiger partial charge < -0.3 is 20.3 Å². The van der Waals surface area contributed by atoms with E-state index in [0.29, 0.717) is 6.54 Å². The van der Waals surface area contributed by atoms with Crippen LogP contribution in [0, 0.1) is 5.82 Å². The van der Waals surface area contributed by atoms with Crippen molar-refractivity contribution in [2.75, 3.05) is 66.1 Å². The molecular formula is C21H36FN5O. The van der Waals surface area contributed by atoms with E-state index in [1.54, 1.807) is 7.05 Å². The number of guanidine groups is 1. The number of hydrogen-bond donors (Lipinski definition) is 2. The summed E-state index contributed by atoms with van der Waals surface area (Å²) in [5.74, 6) is 0.600. The molecule has 1 atom stereocenters. The zero-order valence-corrected chi connectivity index (χ0v) is 17.6. The molecule has 0 aromatic heterocycles. The van der Waals surface area contributed by atoms with Crippen LogP contribution in [0.1, 0.15) is 31.9 Å². The van der Waals surface area contributed by atoms with E-state index in [2.05, 4.69) is 39.3 Å². The molecule has 2 rings (SSSR count). The Kier molecular flexibility index (Phi) is 10.2. The predicted molar refractivity (Wildman–Crippen MR) is 113 cm³/mol. The molecule has 1 aliphatic rings. The van der Waals surface area contributed by atoms with E-state index in [1.165, 1.54) is 12.1 Å². The van der Waals surface area contributed by atoms with Gasteiger partial charge in [-0.1, -0.05) is 26.0 Å². The highest BCUT2D eigenvalue weighted by molar-refractivity contribution is 5.79. The molecular weight excluding hydrogens is 357 g/mol. The quantitative estimate of drug-likeness (QED) is 0.362. The SMILES string of the molecule is CCN(CC)CCCNC(=NC)NCC(c1ccc(F)cc1)N1CCOCC1. The number of rotatable bonds is 10. The summed E-state index contributed by atoms with van der Waals surface area (Å²) in [6.45, 7) is 12.5. The van der Waals surface area contributed by atoms with Gasteiger partial charge in [0.2, 0.25) is 0 Å². The van der Waals surface area contributed by atoms with Crippen LogP contribution in [0.5, 0.6) is 0 Å². The Hall–Kier alpha value is -1.70. The van der Waals surface area contributed by atoms with Crippen LogP contribution in [0.25, 0.3) is 0 Å². The second-order valence-corrected chi connectivity index (χ2v) is 6.98. The maximum Gasteiger partial charge on any atom is 0.191 e. The number of benzene rings is 1. The van der Waals surface area contributed by atoms with Crippen LogP contribution < -0.4 is 10.6 Å². The molecule has 0 bridgehead atoms. The normalized spacial score (nSPS) is 17.0. The average molecular weight is 394 g/mol. The van der Waals surface area contributed by atoms with E-state index in [-0.39, 0.29) is 11.9 Å². The summed E-state index contributed by atoms with van der Waals surface area (Å²) >= 11 is 0. The van der Waals surface area contributed by atoms with Crippen molar-refractivity contribution in [2.45, 2.75) is 26.3 Å². The van der Waals surface area contributed by atoms with Crippen LogP contribution in [0.3, 0.4) is 0 Å². The molecule has 0 aliphatic carbocycles. The zero-order chi connectivity index (χ0) is 20.2. The number of nitrogens with zero attached hydrogens (tertiary/aromatic N) is 3. The monoisotopic (exact) mass is 393 g/mol. The number of aliphatic imine (C=N–C) groups is 1. The highest BCUT2D eigenvalue weighted by atomic mass is 19.1. The van der Waals surface area contributed by atoms with E-state index in [0.717, 1.165) is 70.4 Å². The first kappa shape index (κ1) is 22.6. The molecule has 1 unspecified atom stereocenters. The fraction of sp³-hybridized carbons (Fsp3) is 0.667. The molecule has 2 N–H and O–H groups in total. The lowest BCUT2D eigenvalue weighted by Gasteiger charge is -2.35. The number of hydrogen-bond acceptors (Lipinski definition) is 4. The van der Waals surface area contributed by atoms with Crippen molar-refractivity contribution in [3.8, 4) is 0 Å². The van der Waals surface area contributed by atoms with Crippen molar-refractivity contribution in [1.29, 1.82) is 0 Å². The van der Waals surface area contributed by atoms with Crippen LogP contribution in [-0.2, 0) is 4.74 Å². The lowest BCUT2D eigenvalue weighted by molar-refractivity contribution is 0.0170. The number of morpholine rings is 1. The van der Waals surface area contributed by atoms with Crippen molar-refractivity contribution in [3.05, 3.63) is 35.6 Å². The molecule has 7 heteroatoms. The molecule has 1 saturated heterocycles. The van der Waals surface area contributed by atoms with Gasteiger partial charge in [0, 0.05) is 33.2 Å². The van der Waals surface area contributed by atoms with Crippen LogP contribution >= 0.6 is 0 Å². The molecule has 158 valence electrons. The molecule has 1 fully saturated rings. The van der Waals surface area contributed by atoms with Gasteiger partial charge in [-0.05, 0) is 43.8 Å². The lowest BCUT2D eigenvalue weighted by Crippen LogP contribution is -2.46. The van der Waals surface area contributed by atoms with Crippen molar-refractivity contribution < 1.29 is 9.13 Å². The summed E-state index contributed by atoms with van der Waals surface area (Å²) in [5, 5.41) is 6.85. The number of ether oxygens (including phenoxy) is 1. The molecule has 0 amide bonds. The minimum atomic E-state index is -0.205. The lowest BCUT2D eigenvalue weighted by atomic mass is 10.0. The van der Waals surface area contributed by atoms with Gasteiger partial charge in [0.1, 0.15) is 5.82 Å². The van der Waals surface area contributed by atoms with Gasteiger partial charge in [-0.2, -0.15) is 0 Å². The maximum atomic E-state index is 13.4. The summed E-state index contributed by atoms with van der Waals surface area (Å²) in [7, 11) is 1.79. The third kappa shape index (κ3) is 7.37. The minimum absolute atomic E-state index is 0.152. The Morgan fingerprint density at radius 2 is 1.86 bits per heavy atom. The van der Waals surface area contributed by atoms with E-state index in [9.17, 15) is 4.39 Å². The first-order valence-corrected chi connectivity index (χ1v) is 10.4. The van der Waals surface area contributed by atoms with Gasteiger partial charge >= 0.3 is 0 Å². The Bertz CT molecular complexity index is 571. The highest BCUT2D eigenvalue weighted by Crippen LogP contribution is 2.21. The first-order chi connectivity index (χ1) is 13.7. The van der Waals surface area contributed by atoms with Crippen molar-refractivity contribution in [1.82, 2.24) is 20.4 Å². The standard InChI is InChI=1S/C21H36FN5O/c1-4-26(5-2)12-6-11-24-21(23-3)25-17-20(27-13-15-28-16-14-27)18-7-9-19(22)10-8-18/h7-10,20H,4-6,11-17H2,1-3H3,(H2,23,24,25). The number of nitrogens with one attached hydrogen (secondary N) is 2. The maximum absolute atomic E-state index is 13.4. The van der Waals surface area contributed by atoms with E-state index < -0.39 is 0 Å². The zero-order valence-electron chi connectivity index (χ0n) is 17.6. The molecule has 6 nitrogen and oxygen atoms in total. The van der Waals surface area contributed by atoms with Gasteiger partial charge in [-0.15, -0.1) is 0 Å². The predicted octanol–water partition coefficient (Wildman–Crippen LogP) is 2.10. The van der Waals surface area contributed by atoms with E-state index in [4.69, 9.17) is 4.74 Å². The molecule has 0 spiro atoms. The molecule has 0 saturated carbocycles. The van der Waals surface area contributed by atoms with Gasteiger partial charge in [-0.3, -0.25) is 9.89 Å². The van der Waals surface area contributed by atoms with E-state index >= 15 is 0 Å². The molecule has 1 aromatic carbocycles. The summed E-state index contributed by atoms with van der Waals surface area (Å²) in [6, 6.07) is 6.96. The van der Waals surface area contributed by atoms with Crippen LogP contribution in [-0.4, -0.2) is 81.8 Å². The molecule has 1 aliphatic heterocycles.